The molecule has 3 amide bonds. The highest BCUT2D eigenvalue weighted by atomic mass is 16.5. The Labute approximate surface area is 171 Å². The zero-order valence-corrected chi connectivity index (χ0v) is 16.7. The van der Waals surface area contributed by atoms with Crippen molar-refractivity contribution in [3.05, 3.63) is 59.7 Å². The molecule has 2 aromatic carbocycles. The van der Waals surface area contributed by atoms with Crippen molar-refractivity contribution in [3.63, 3.8) is 0 Å². The predicted molar refractivity (Wildman–Crippen MR) is 113 cm³/mol. The highest BCUT2D eigenvalue weighted by Gasteiger charge is 2.20. The second-order valence-corrected chi connectivity index (χ2v) is 7.35. The molecular formula is C22H28N4O3. The summed E-state index contributed by atoms with van der Waals surface area (Å²) < 4.78 is 5.20. The first-order valence-corrected chi connectivity index (χ1v) is 9.83. The number of nitrogens with two attached hydrogens (primary N) is 1. The summed E-state index contributed by atoms with van der Waals surface area (Å²) in [7, 11) is 1.67. The Morgan fingerprint density at radius 2 is 1.86 bits per heavy atom. The van der Waals surface area contributed by atoms with Gasteiger partial charge in [-0.15, -0.1) is 0 Å². The molecule has 0 saturated carbocycles. The monoisotopic (exact) mass is 396 g/mol. The summed E-state index contributed by atoms with van der Waals surface area (Å²) in [5, 5.41) is 5.68. The van der Waals surface area contributed by atoms with Gasteiger partial charge >= 0.3 is 6.03 Å². The van der Waals surface area contributed by atoms with Crippen LogP contribution in [-0.2, 0) is 6.54 Å². The summed E-state index contributed by atoms with van der Waals surface area (Å²) in [6.45, 7) is 3.60. The van der Waals surface area contributed by atoms with E-state index in [1.54, 1.807) is 31.4 Å². The number of benzene rings is 2. The first-order chi connectivity index (χ1) is 14.0. The molecule has 1 aliphatic heterocycles. The van der Waals surface area contributed by atoms with E-state index < -0.39 is 5.91 Å². The molecule has 0 bridgehead atoms. The normalized spacial score (nSPS) is 14.9. The Kier molecular flexibility index (Phi) is 7.08. The lowest BCUT2D eigenvalue weighted by Gasteiger charge is -2.32. The van der Waals surface area contributed by atoms with Crippen LogP contribution in [0.3, 0.4) is 0 Å². The summed E-state index contributed by atoms with van der Waals surface area (Å²) >= 11 is 0. The lowest BCUT2D eigenvalue weighted by molar-refractivity contribution is 0.1000. The van der Waals surface area contributed by atoms with E-state index in [0.717, 1.165) is 38.2 Å². The number of hydrogen-bond acceptors (Lipinski definition) is 4. The molecule has 1 saturated heterocycles. The maximum Gasteiger partial charge on any atom is 0.319 e. The van der Waals surface area contributed by atoms with E-state index in [2.05, 4.69) is 27.7 Å². The van der Waals surface area contributed by atoms with E-state index in [1.807, 2.05) is 12.1 Å². The molecule has 1 fully saturated rings. The number of methoxy groups -OCH3 is 1. The highest BCUT2D eigenvalue weighted by Crippen LogP contribution is 2.20. The molecule has 2 aromatic rings. The van der Waals surface area contributed by atoms with Gasteiger partial charge in [-0.2, -0.15) is 0 Å². The minimum Gasteiger partial charge on any atom is -0.497 e. The smallest absolute Gasteiger partial charge is 0.319 e. The largest absolute Gasteiger partial charge is 0.497 e. The summed E-state index contributed by atoms with van der Waals surface area (Å²) in [5.74, 6) is 0.818. The number of piperidine rings is 1. The number of rotatable bonds is 7. The number of primary amides is 1. The molecule has 4 N–H and O–H groups in total. The number of hydrogen-bond donors (Lipinski definition) is 3. The first-order valence-electron chi connectivity index (χ1n) is 9.83. The maximum atomic E-state index is 12.1. The van der Waals surface area contributed by atoms with Crippen molar-refractivity contribution in [2.75, 3.05) is 32.1 Å². The molecule has 7 heteroatoms. The number of carbonyl (C=O) groups excluding carboxylic acids is 2. The van der Waals surface area contributed by atoms with Crippen LogP contribution in [0.1, 0.15) is 28.8 Å². The maximum absolute atomic E-state index is 12.1. The standard InChI is InChI=1S/C22H28N4O3/c1-29-20-7-5-17(6-8-20)15-26-11-9-16(10-12-26)14-24-22(28)25-19-4-2-3-18(13-19)21(23)27/h2-8,13,16H,9-12,14-15H2,1H3,(H2,23,27)(H2,24,25,28). The van der Waals surface area contributed by atoms with Crippen LogP contribution >= 0.6 is 0 Å². The van der Waals surface area contributed by atoms with E-state index in [1.165, 1.54) is 5.56 Å². The number of likely N-dealkylation sites (tertiary alicyclic amines) is 1. The van der Waals surface area contributed by atoms with Gasteiger partial charge in [0.05, 0.1) is 7.11 Å². The summed E-state index contributed by atoms with van der Waals surface area (Å²) in [6.07, 6.45) is 2.10. The third kappa shape index (κ3) is 6.22. The van der Waals surface area contributed by atoms with Gasteiger partial charge in [-0.25, -0.2) is 4.79 Å². The second kappa shape index (κ2) is 9.93. The number of amides is 3. The van der Waals surface area contributed by atoms with Crippen molar-refractivity contribution in [2.45, 2.75) is 19.4 Å². The molecule has 154 valence electrons. The quantitative estimate of drug-likeness (QED) is 0.670. The third-order valence-electron chi connectivity index (χ3n) is 5.23. The van der Waals surface area contributed by atoms with Gasteiger partial charge in [0.25, 0.3) is 0 Å². The lowest BCUT2D eigenvalue weighted by atomic mass is 9.96. The first kappa shape index (κ1) is 20.7. The van der Waals surface area contributed by atoms with Crippen molar-refractivity contribution in [3.8, 4) is 5.75 Å². The van der Waals surface area contributed by atoms with Crippen LogP contribution in [0.15, 0.2) is 48.5 Å². The van der Waals surface area contributed by atoms with E-state index in [4.69, 9.17) is 10.5 Å². The Hall–Kier alpha value is -3.06. The molecule has 0 atom stereocenters. The van der Waals surface area contributed by atoms with Crippen LogP contribution in [0.25, 0.3) is 0 Å². The molecule has 1 heterocycles. The number of ether oxygens (including phenoxy) is 1. The van der Waals surface area contributed by atoms with Crippen LogP contribution in [0, 0.1) is 5.92 Å². The summed E-state index contributed by atoms with van der Waals surface area (Å²) in [6, 6.07) is 14.5. The van der Waals surface area contributed by atoms with Gasteiger partial charge < -0.3 is 21.1 Å². The molecule has 0 aliphatic carbocycles. The average molecular weight is 396 g/mol. The van der Waals surface area contributed by atoms with Gasteiger partial charge in [-0.3, -0.25) is 9.69 Å². The van der Waals surface area contributed by atoms with Crippen molar-refractivity contribution in [1.82, 2.24) is 10.2 Å². The fourth-order valence-corrected chi connectivity index (χ4v) is 3.50. The minimum atomic E-state index is -0.518. The molecule has 0 aromatic heterocycles. The van der Waals surface area contributed by atoms with Crippen LogP contribution in [0.4, 0.5) is 10.5 Å². The fraction of sp³-hybridized carbons (Fsp3) is 0.364. The lowest BCUT2D eigenvalue weighted by Crippen LogP contribution is -2.39. The van der Waals surface area contributed by atoms with Gasteiger partial charge in [0.2, 0.25) is 5.91 Å². The number of anilines is 1. The molecule has 3 rings (SSSR count). The van der Waals surface area contributed by atoms with Crippen molar-refractivity contribution < 1.29 is 14.3 Å². The van der Waals surface area contributed by atoms with Crippen LogP contribution in [0.5, 0.6) is 5.75 Å². The predicted octanol–water partition coefficient (Wildman–Crippen LogP) is 2.83. The van der Waals surface area contributed by atoms with E-state index in [0.29, 0.717) is 23.7 Å². The summed E-state index contributed by atoms with van der Waals surface area (Å²) in [4.78, 5) is 25.8. The topological polar surface area (TPSA) is 96.7 Å². The van der Waals surface area contributed by atoms with Gasteiger partial charge in [-0.1, -0.05) is 18.2 Å². The van der Waals surface area contributed by atoms with Gasteiger partial charge in [0.1, 0.15) is 5.75 Å². The molecule has 29 heavy (non-hydrogen) atoms. The summed E-state index contributed by atoms with van der Waals surface area (Å²) in [5.41, 5.74) is 7.46. The SMILES string of the molecule is COc1ccc(CN2CCC(CNC(=O)Nc3cccc(C(N)=O)c3)CC2)cc1. The fourth-order valence-electron chi connectivity index (χ4n) is 3.50. The van der Waals surface area contributed by atoms with Crippen LogP contribution < -0.4 is 21.1 Å². The van der Waals surface area contributed by atoms with E-state index in [9.17, 15) is 9.59 Å². The van der Waals surface area contributed by atoms with E-state index >= 15 is 0 Å². The highest BCUT2D eigenvalue weighted by molar-refractivity contribution is 5.95. The number of urea groups is 1. The molecule has 0 spiro atoms. The molecule has 7 nitrogen and oxygen atoms in total. The Morgan fingerprint density at radius 1 is 1.14 bits per heavy atom. The van der Waals surface area contributed by atoms with Crippen LogP contribution in [-0.4, -0.2) is 43.6 Å². The van der Waals surface area contributed by atoms with Crippen molar-refractivity contribution in [1.29, 1.82) is 0 Å². The molecule has 1 aliphatic rings. The third-order valence-corrected chi connectivity index (χ3v) is 5.23. The van der Waals surface area contributed by atoms with Gasteiger partial charge in [0, 0.05) is 24.3 Å². The second-order valence-electron chi connectivity index (χ2n) is 7.35. The minimum absolute atomic E-state index is 0.271. The van der Waals surface area contributed by atoms with Crippen molar-refractivity contribution in [2.24, 2.45) is 11.7 Å². The van der Waals surface area contributed by atoms with Gasteiger partial charge in [-0.05, 0) is 67.7 Å². The van der Waals surface area contributed by atoms with Crippen molar-refractivity contribution >= 4 is 17.6 Å². The Morgan fingerprint density at radius 3 is 2.52 bits per heavy atom. The van der Waals surface area contributed by atoms with Gasteiger partial charge in [0.15, 0.2) is 0 Å². The number of nitrogens with one attached hydrogen (secondary N) is 2. The molecule has 0 radical (unpaired) electrons. The van der Waals surface area contributed by atoms with E-state index in [-0.39, 0.29) is 6.03 Å². The number of carbonyl (C=O) groups is 2. The van der Waals surface area contributed by atoms with Crippen LogP contribution in [0.2, 0.25) is 0 Å². The average Bonchev–Trinajstić information content (AvgIpc) is 2.74. The number of nitrogens with zero attached hydrogens (tertiary/aromatic N) is 1. The zero-order valence-electron chi connectivity index (χ0n) is 16.7. The molecule has 0 unspecified atom stereocenters. The zero-order chi connectivity index (χ0) is 20.6. The Bertz CT molecular complexity index is 830. The molecular weight excluding hydrogens is 368 g/mol. The Balaban J connectivity index is 1.38.